The Balaban J connectivity index is 1.74. The van der Waals surface area contributed by atoms with Gasteiger partial charge in [0.05, 0.1) is 30.4 Å². The van der Waals surface area contributed by atoms with Crippen molar-refractivity contribution in [3.05, 3.63) is 17.7 Å². The predicted octanol–water partition coefficient (Wildman–Crippen LogP) is 0.177. The van der Waals surface area contributed by atoms with Gasteiger partial charge in [-0.15, -0.1) is 0 Å². The van der Waals surface area contributed by atoms with Gasteiger partial charge in [0.1, 0.15) is 0 Å². The van der Waals surface area contributed by atoms with Crippen LogP contribution in [0.25, 0.3) is 0 Å². The molecule has 0 unspecified atom stereocenters. The molecule has 2 aliphatic rings. The van der Waals surface area contributed by atoms with Gasteiger partial charge in [-0.25, -0.2) is 4.98 Å². The van der Waals surface area contributed by atoms with E-state index in [9.17, 15) is 0 Å². The topological polar surface area (TPSA) is 33.6 Å². The van der Waals surface area contributed by atoms with Gasteiger partial charge in [-0.3, -0.25) is 4.90 Å². The van der Waals surface area contributed by atoms with Crippen molar-refractivity contribution in [3.63, 3.8) is 0 Å². The molecule has 4 nitrogen and oxygen atoms in total. The van der Waals surface area contributed by atoms with Crippen molar-refractivity contribution in [2.45, 2.75) is 19.1 Å². The van der Waals surface area contributed by atoms with Crippen LogP contribution in [0, 0.1) is 0 Å². The summed E-state index contributed by atoms with van der Waals surface area (Å²) >= 11 is 0. The van der Waals surface area contributed by atoms with Gasteiger partial charge < -0.3 is 9.30 Å². The van der Waals surface area contributed by atoms with Gasteiger partial charge >= 0.3 is 0 Å². The van der Waals surface area contributed by atoms with Gasteiger partial charge in [0.15, 0.2) is 0 Å². The van der Waals surface area contributed by atoms with Crippen LogP contribution in [-0.4, -0.2) is 40.3 Å². The van der Waals surface area contributed by atoms with E-state index in [0.29, 0.717) is 6.10 Å². The van der Waals surface area contributed by atoms with E-state index in [4.69, 9.17) is 4.74 Å². The third kappa shape index (κ3) is 1.44. The van der Waals surface area contributed by atoms with E-state index in [2.05, 4.69) is 21.5 Å². The van der Waals surface area contributed by atoms with Crippen LogP contribution in [0.2, 0.25) is 0 Å². The summed E-state index contributed by atoms with van der Waals surface area (Å²) in [5.74, 6) is 0. The number of imidazole rings is 1. The monoisotopic (exact) mass is 193 g/mol. The lowest BCUT2D eigenvalue weighted by molar-refractivity contribution is 0.220. The summed E-state index contributed by atoms with van der Waals surface area (Å²) in [6, 6.07) is 0. The van der Waals surface area contributed by atoms with Crippen LogP contribution in [0.4, 0.5) is 0 Å². The Hall–Kier alpha value is -0.870. The molecule has 0 aliphatic carbocycles. The first-order valence-corrected chi connectivity index (χ1v) is 5.16. The SMILES string of the molecule is Cn1cnc2c1CN(C[C@@H]1CO1)CC2. The van der Waals surface area contributed by atoms with Gasteiger partial charge in [-0.2, -0.15) is 0 Å². The van der Waals surface area contributed by atoms with Crippen molar-refractivity contribution in [3.8, 4) is 0 Å². The quantitative estimate of drug-likeness (QED) is 0.628. The lowest BCUT2D eigenvalue weighted by Gasteiger charge is -2.26. The summed E-state index contributed by atoms with van der Waals surface area (Å²) in [5, 5.41) is 0. The number of hydrogen-bond donors (Lipinski definition) is 0. The van der Waals surface area contributed by atoms with E-state index in [1.54, 1.807) is 0 Å². The molecule has 3 rings (SSSR count). The largest absolute Gasteiger partial charge is 0.372 e. The molecule has 0 amide bonds. The van der Waals surface area contributed by atoms with Crippen molar-refractivity contribution in [1.82, 2.24) is 14.5 Å². The van der Waals surface area contributed by atoms with Gasteiger partial charge in [0.25, 0.3) is 0 Å². The zero-order valence-corrected chi connectivity index (χ0v) is 8.44. The van der Waals surface area contributed by atoms with Crippen LogP contribution in [0.5, 0.6) is 0 Å². The molecule has 2 aliphatic heterocycles. The lowest BCUT2D eigenvalue weighted by Crippen LogP contribution is -2.34. The van der Waals surface area contributed by atoms with Crippen LogP contribution in [0.1, 0.15) is 11.4 Å². The molecule has 14 heavy (non-hydrogen) atoms. The Labute approximate surface area is 83.5 Å². The van der Waals surface area contributed by atoms with Crippen molar-refractivity contribution in [1.29, 1.82) is 0 Å². The molecule has 1 fully saturated rings. The van der Waals surface area contributed by atoms with Gasteiger partial charge in [-0.1, -0.05) is 0 Å². The van der Waals surface area contributed by atoms with E-state index < -0.39 is 0 Å². The highest BCUT2D eigenvalue weighted by Gasteiger charge is 2.28. The second-order valence-corrected chi connectivity index (χ2v) is 4.19. The van der Waals surface area contributed by atoms with Crippen LogP contribution in [0.15, 0.2) is 6.33 Å². The molecule has 1 aromatic heterocycles. The van der Waals surface area contributed by atoms with E-state index in [1.165, 1.54) is 11.4 Å². The standard InChI is InChI=1S/C10H15N3O/c1-12-7-11-9-2-3-13(5-10(9)12)4-8-6-14-8/h7-8H,2-6H2,1H3/t8-/m1/s1. The maximum Gasteiger partial charge on any atom is 0.0949 e. The first-order chi connectivity index (χ1) is 6.83. The normalized spacial score (nSPS) is 26.2. The van der Waals surface area contributed by atoms with Gasteiger partial charge in [0.2, 0.25) is 0 Å². The number of aryl methyl sites for hydroxylation is 1. The number of rotatable bonds is 2. The average Bonchev–Trinajstić information content (AvgIpc) is 2.92. The number of epoxide rings is 1. The summed E-state index contributed by atoms with van der Waals surface area (Å²) in [4.78, 5) is 6.85. The van der Waals surface area contributed by atoms with Crippen molar-refractivity contribution >= 4 is 0 Å². The predicted molar refractivity (Wildman–Crippen MR) is 51.9 cm³/mol. The van der Waals surface area contributed by atoms with E-state index in [0.717, 1.165) is 32.7 Å². The first kappa shape index (κ1) is 8.44. The number of hydrogen-bond acceptors (Lipinski definition) is 3. The van der Waals surface area contributed by atoms with Crippen molar-refractivity contribution in [2.75, 3.05) is 19.7 Å². The third-order valence-corrected chi connectivity index (χ3v) is 3.05. The summed E-state index contributed by atoms with van der Waals surface area (Å²) in [7, 11) is 2.07. The molecule has 0 N–H and O–H groups in total. The Bertz CT molecular complexity index is 343. The molecule has 0 bridgehead atoms. The number of aromatic nitrogens is 2. The van der Waals surface area contributed by atoms with Crippen LogP contribution in [-0.2, 0) is 24.8 Å². The van der Waals surface area contributed by atoms with E-state index in [1.807, 2.05) is 6.33 Å². The number of fused-ring (bicyclic) bond motifs is 1. The third-order valence-electron chi connectivity index (χ3n) is 3.05. The Morgan fingerprint density at radius 2 is 2.50 bits per heavy atom. The minimum atomic E-state index is 0.504. The Morgan fingerprint density at radius 1 is 1.64 bits per heavy atom. The molecule has 1 saturated heterocycles. The van der Waals surface area contributed by atoms with E-state index in [-0.39, 0.29) is 0 Å². The summed E-state index contributed by atoms with van der Waals surface area (Å²) in [6.07, 6.45) is 3.51. The van der Waals surface area contributed by atoms with Crippen LogP contribution >= 0.6 is 0 Å². The number of nitrogens with zero attached hydrogens (tertiary/aromatic N) is 3. The minimum absolute atomic E-state index is 0.504. The van der Waals surface area contributed by atoms with E-state index >= 15 is 0 Å². The highest BCUT2D eigenvalue weighted by molar-refractivity contribution is 5.16. The lowest BCUT2D eigenvalue weighted by atomic mass is 10.1. The summed E-state index contributed by atoms with van der Waals surface area (Å²) < 4.78 is 7.38. The molecule has 0 radical (unpaired) electrons. The molecule has 76 valence electrons. The molecule has 0 saturated carbocycles. The molecule has 0 aromatic carbocycles. The fourth-order valence-corrected chi connectivity index (χ4v) is 2.09. The Morgan fingerprint density at radius 3 is 3.29 bits per heavy atom. The minimum Gasteiger partial charge on any atom is -0.372 e. The smallest absolute Gasteiger partial charge is 0.0949 e. The second kappa shape index (κ2) is 3.07. The highest BCUT2D eigenvalue weighted by Crippen LogP contribution is 2.19. The fourth-order valence-electron chi connectivity index (χ4n) is 2.09. The van der Waals surface area contributed by atoms with Crippen molar-refractivity contribution in [2.24, 2.45) is 7.05 Å². The van der Waals surface area contributed by atoms with Crippen molar-refractivity contribution < 1.29 is 4.74 Å². The fraction of sp³-hybridized carbons (Fsp3) is 0.700. The maximum absolute atomic E-state index is 5.25. The molecule has 0 spiro atoms. The average molecular weight is 193 g/mol. The summed E-state index contributed by atoms with van der Waals surface area (Å²) in [5.41, 5.74) is 2.65. The number of ether oxygens (including phenoxy) is 1. The molecular weight excluding hydrogens is 178 g/mol. The molecule has 3 heterocycles. The zero-order chi connectivity index (χ0) is 9.54. The van der Waals surface area contributed by atoms with Gasteiger partial charge in [-0.05, 0) is 0 Å². The zero-order valence-electron chi connectivity index (χ0n) is 8.44. The molecule has 4 heteroatoms. The van der Waals surface area contributed by atoms with Gasteiger partial charge in [0, 0.05) is 33.1 Å². The maximum atomic E-state index is 5.25. The van der Waals surface area contributed by atoms with Crippen LogP contribution < -0.4 is 0 Å². The highest BCUT2D eigenvalue weighted by atomic mass is 16.6. The molecular formula is C10H15N3O. The summed E-state index contributed by atoms with van der Waals surface area (Å²) in [6.45, 7) is 4.20. The Kier molecular flexibility index (Phi) is 1.85. The van der Waals surface area contributed by atoms with Crippen LogP contribution in [0.3, 0.4) is 0 Å². The molecule has 1 atom stereocenters. The first-order valence-electron chi connectivity index (χ1n) is 5.16. The molecule has 1 aromatic rings. The second-order valence-electron chi connectivity index (χ2n) is 4.19.